The molecule has 4 heteroatoms. The SMILES string of the molecule is Cc1ccc(C(O)(C(=O)NCCO)c2ccc(C)cc2)cc1. The standard InChI is InChI=1S/C18H21NO3/c1-13-3-7-15(8-4-13)18(22,17(21)19-11-12-20)16-9-5-14(2)6-10-16/h3-10,20,22H,11-12H2,1-2H3,(H,19,21). The minimum Gasteiger partial charge on any atom is -0.395 e. The zero-order valence-electron chi connectivity index (χ0n) is 12.8. The van der Waals surface area contributed by atoms with Crippen molar-refractivity contribution in [3.8, 4) is 0 Å². The molecule has 0 saturated carbocycles. The second-order valence-corrected chi connectivity index (χ2v) is 5.42. The Labute approximate surface area is 130 Å². The third-order valence-corrected chi connectivity index (χ3v) is 3.66. The average molecular weight is 299 g/mol. The van der Waals surface area contributed by atoms with E-state index in [4.69, 9.17) is 5.11 Å². The number of rotatable bonds is 5. The van der Waals surface area contributed by atoms with Crippen LogP contribution in [0.1, 0.15) is 22.3 Å². The van der Waals surface area contributed by atoms with E-state index in [1.54, 1.807) is 24.3 Å². The molecule has 0 aromatic heterocycles. The molecule has 3 N–H and O–H groups in total. The lowest BCUT2D eigenvalue weighted by atomic mass is 9.84. The first-order chi connectivity index (χ1) is 10.5. The maximum absolute atomic E-state index is 12.5. The van der Waals surface area contributed by atoms with E-state index < -0.39 is 11.5 Å². The van der Waals surface area contributed by atoms with Gasteiger partial charge in [0, 0.05) is 6.54 Å². The quantitative estimate of drug-likeness (QED) is 0.786. The summed E-state index contributed by atoms with van der Waals surface area (Å²) in [5, 5.41) is 22.6. The third-order valence-electron chi connectivity index (χ3n) is 3.66. The molecule has 0 aliphatic carbocycles. The summed E-state index contributed by atoms with van der Waals surface area (Å²) in [4.78, 5) is 12.5. The van der Waals surface area contributed by atoms with Crippen molar-refractivity contribution < 1.29 is 15.0 Å². The van der Waals surface area contributed by atoms with Crippen LogP contribution in [0, 0.1) is 13.8 Å². The lowest BCUT2D eigenvalue weighted by Gasteiger charge is -2.28. The fraction of sp³-hybridized carbons (Fsp3) is 0.278. The molecule has 22 heavy (non-hydrogen) atoms. The van der Waals surface area contributed by atoms with E-state index in [0.29, 0.717) is 11.1 Å². The molecule has 0 saturated heterocycles. The first-order valence-electron chi connectivity index (χ1n) is 7.24. The van der Waals surface area contributed by atoms with Crippen LogP contribution in [0.25, 0.3) is 0 Å². The number of aryl methyl sites for hydroxylation is 2. The second kappa shape index (κ2) is 6.73. The van der Waals surface area contributed by atoms with Crippen molar-refractivity contribution in [1.82, 2.24) is 5.32 Å². The summed E-state index contributed by atoms with van der Waals surface area (Å²) in [5.41, 5.74) is 1.31. The lowest BCUT2D eigenvalue weighted by molar-refractivity contribution is -0.136. The van der Waals surface area contributed by atoms with Crippen LogP contribution >= 0.6 is 0 Å². The Bertz CT molecular complexity index is 587. The van der Waals surface area contributed by atoms with Crippen molar-refractivity contribution in [2.75, 3.05) is 13.2 Å². The normalized spacial score (nSPS) is 11.3. The maximum Gasteiger partial charge on any atom is 0.261 e. The molecule has 0 radical (unpaired) electrons. The van der Waals surface area contributed by atoms with Crippen LogP contribution in [0.2, 0.25) is 0 Å². The summed E-state index contributed by atoms with van der Waals surface area (Å²) < 4.78 is 0. The highest BCUT2D eigenvalue weighted by Crippen LogP contribution is 2.30. The number of aliphatic hydroxyl groups excluding tert-OH is 1. The highest BCUT2D eigenvalue weighted by atomic mass is 16.3. The molecular weight excluding hydrogens is 278 g/mol. The topological polar surface area (TPSA) is 69.6 Å². The summed E-state index contributed by atoms with van der Waals surface area (Å²) in [7, 11) is 0. The van der Waals surface area contributed by atoms with E-state index >= 15 is 0 Å². The molecule has 116 valence electrons. The van der Waals surface area contributed by atoms with Gasteiger partial charge in [-0.2, -0.15) is 0 Å². The van der Waals surface area contributed by atoms with Gasteiger partial charge in [-0.15, -0.1) is 0 Å². The highest BCUT2D eigenvalue weighted by molar-refractivity contribution is 5.90. The monoisotopic (exact) mass is 299 g/mol. The fourth-order valence-electron chi connectivity index (χ4n) is 2.32. The molecule has 1 amide bonds. The molecule has 4 nitrogen and oxygen atoms in total. The van der Waals surface area contributed by atoms with E-state index in [1.807, 2.05) is 38.1 Å². The van der Waals surface area contributed by atoms with Gasteiger partial charge in [0.2, 0.25) is 0 Å². The lowest BCUT2D eigenvalue weighted by Crippen LogP contribution is -2.46. The van der Waals surface area contributed by atoms with Gasteiger partial charge in [-0.05, 0) is 25.0 Å². The molecule has 2 rings (SSSR count). The molecule has 0 atom stereocenters. The summed E-state index contributed by atoms with van der Waals surface area (Å²) in [6, 6.07) is 14.4. The Hall–Kier alpha value is -2.17. The van der Waals surface area contributed by atoms with E-state index in [-0.39, 0.29) is 13.2 Å². The van der Waals surface area contributed by atoms with E-state index in [1.165, 1.54) is 0 Å². The Morgan fingerprint density at radius 2 is 1.36 bits per heavy atom. The van der Waals surface area contributed by atoms with Gasteiger partial charge in [-0.3, -0.25) is 4.79 Å². The van der Waals surface area contributed by atoms with Crippen molar-refractivity contribution >= 4 is 5.91 Å². The zero-order chi connectivity index (χ0) is 16.2. The number of amides is 1. The molecule has 0 spiro atoms. The Morgan fingerprint density at radius 1 is 0.955 bits per heavy atom. The van der Waals surface area contributed by atoms with Crippen molar-refractivity contribution in [3.05, 3.63) is 70.8 Å². The van der Waals surface area contributed by atoms with Crippen molar-refractivity contribution in [2.45, 2.75) is 19.4 Å². The molecule has 0 fully saturated rings. The number of carbonyl (C=O) groups is 1. The fourth-order valence-corrected chi connectivity index (χ4v) is 2.32. The predicted octanol–water partition coefficient (Wildman–Crippen LogP) is 1.65. The van der Waals surface area contributed by atoms with Gasteiger partial charge in [-0.25, -0.2) is 0 Å². The maximum atomic E-state index is 12.5. The zero-order valence-corrected chi connectivity index (χ0v) is 12.8. The first kappa shape index (κ1) is 16.2. The predicted molar refractivity (Wildman–Crippen MR) is 85.5 cm³/mol. The second-order valence-electron chi connectivity index (χ2n) is 5.42. The number of hydrogen-bond acceptors (Lipinski definition) is 3. The number of carbonyl (C=O) groups excluding carboxylic acids is 1. The van der Waals surface area contributed by atoms with Crippen LogP contribution in [0.4, 0.5) is 0 Å². The van der Waals surface area contributed by atoms with Crippen molar-refractivity contribution in [2.24, 2.45) is 0 Å². The minimum absolute atomic E-state index is 0.0961. The third kappa shape index (κ3) is 3.18. The van der Waals surface area contributed by atoms with Gasteiger partial charge in [0.1, 0.15) is 0 Å². The van der Waals surface area contributed by atoms with E-state index in [2.05, 4.69) is 5.32 Å². The van der Waals surface area contributed by atoms with Gasteiger partial charge in [-0.1, -0.05) is 59.7 Å². The van der Waals surface area contributed by atoms with Crippen LogP contribution in [-0.2, 0) is 10.4 Å². The van der Waals surface area contributed by atoms with Gasteiger partial charge in [0.15, 0.2) is 5.60 Å². The molecule has 0 aliphatic heterocycles. The van der Waals surface area contributed by atoms with Crippen LogP contribution in [0.5, 0.6) is 0 Å². The summed E-state index contributed by atoms with van der Waals surface area (Å²) in [5.74, 6) is -0.547. The minimum atomic E-state index is -1.78. The van der Waals surface area contributed by atoms with Gasteiger partial charge < -0.3 is 15.5 Å². The number of benzene rings is 2. The summed E-state index contributed by atoms with van der Waals surface area (Å²) in [6.45, 7) is 3.81. The van der Waals surface area contributed by atoms with Crippen LogP contribution in [0.15, 0.2) is 48.5 Å². The van der Waals surface area contributed by atoms with Gasteiger partial charge in [0.25, 0.3) is 5.91 Å². The molecule has 2 aromatic carbocycles. The summed E-state index contributed by atoms with van der Waals surface area (Å²) >= 11 is 0. The van der Waals surface area contributed by atoms with E-state index in [0.717, 1.165) is 11.1 Å². The van der Waals surface area contributed by atoms with E-state index in [9.17, 15) is 9.90 Å². The Kier molecular flexibility index (Phi) is 4.96. The van der Waals surface area contributed by atoms with Crippen molar-refractivity contribution in [1.29, 1.82) is 0 Å². The van der Waals surface area contributed by atoms with Gasteiger partial charge in [0.05, 0.1) is 6.61 Å². The largest absolute Gasteiger partial charge is 0.395 e. The van der Waals surface area contributed by atoms with Crippen LogP contribution < -0.4 is 5.32 Å². The smallest absolute Gasteiger partial charge is 0.261 e. The molecule has 0 heterocycles. The highest BCUT2D eigenvalue weighted by Gasteiger charge is 2.39. The Balaban J connectivity index is 2.50. The summed E-state index contributed by atoms with van der Waals surface area (Å²) in [6.07, 6.45) is 0. The number of nitrogens with one attached hydrogen (secondary N) is 1. The van der Waals surface area contributed by atoms with Crippen LogP contribution in [0.3, 0.4) is 0 Å². The molecule has 0 aliphatic rings. The van der Waals surface area contributed by atoms with Crippen molar-refractivity contribution in [3.63, 3.8) is 0 Å². The molecule has 2 aromatic rings. The number of hydrogen-bond donors (Lipinski definition) is 3. The molecular formula is C18H21NO3. The molecule has 0 bridgehead atoms. The molecule has 0 unspecified atom stereocenters. The Morgan fingerprint density at radius 3 is 1.73 bits per heavy atom. The van der Waals surface area contributed by atoms with Crippen LogP contribution in [-0.4, -0.2) is 29.3 Å². The van der Waals surface area contributed by atoms with Gasteiger partial charge >= 0.3 is 0 Å². The average Bonchev–Trinajstić information content (AvgIpc) is 2.53. The first-order valence-corrected chi connectivity index (χ1v) is 7.24. The number of aliphatic hydroxyl groups is 2.